The van der Waals surface area contributed by atoms with Gasteiger partial charge in [0.1, 0.15) is 41.6 Å². The van der Waals surface area contributed by atoms with Crippen LogP contribution in [0.1, 0.15) is 76.8 Å². The van der Waals surface area contributed by atoms with Crippen molar-refractivity contribution in [1.82, 2.24) is 52.1 Å². The molecule has 1 aromatic rings. The van der Waals surface area contributed by atoms with Crippen LogP contribution < -0.4 is 71.6 Å². The van der Waals surface area contributed by atoms with Crippen LogP contribution in [0.5, 0.6) is 0 Å². The first-order valence-corrected chi connectivity index (χ1v) is 23.8. The Balaban J connectivity index is 2.32. The number of hydrogen-bond donors (Lipinski definition) is 17. The monoisotopic (exact) mass is 1050 g/mol. The van der Waals surface area contributed by atoms with Gasteiger partial charge in [-0.3, -0.25) is 43.8 Å². The lowest BCUT2D eigenvalue weighted by atomic mass is 10.1. The van der Waals surface area contributed by atoms with Crippen molar-refractivity contribution < 1.29 is 62.1 Å². The van der Waals surface area contributed by atoms with E-state index in [9.17, 15) is 53.4 Å². The smallest absolute Gasteiger partial charge is 0.352 e. The summed E-state index contributed by atoms with van der Waals surface area (Å²) in [5.74, 6) is -14.0. The van der Waals surface area contributed by atoms with E-state index >= 15 is 8.78 Å². The van der Waals surface area contributed by atoms with Crippen LogP contribution >= 0.6 is 0 Å². The lowest BCUT2D eigenvalue weighted by Crippen LogP contribution is -2.60. The van der Waals surface area contributed by atoms with Gasteiger partial charge in [0.05, 0.1) is 31.6 Å². The Morgan fingerprint density at radius 3 is 2.15 bits per heavy atom. The van der Waals surface area contributed by atoms with Crippen molar-refractivity contribution in [2.24, 2.45) is 39.4 Å². The van der Waals surface area contributed by atoms with Gasteiger partial charge in [0, 0.05) is 37.8 Å². The number of alkyl halides is 2. The maximum atomic E-state index is 15.3. The van der Waals surface area contributed by atoms with E-state index in [-0.39, 0.29) is 76.2 Å². The quantitative estimate of drug-likeness (QED) is 0.0135. The minimum atomic E-state index is -3.67. The van der Waals surface area contributed by atoms with Crippen LogP contribution in [-0.2, 0) is 49.6 Å². The number of imidazole rings is 1. The number of carbonyl (C=O) groups excluding carboxylic acids is 8. The van der Waals surface area contributed by atoms with Crippen molar-refractivity contribution in [2.75, 3.05) is 45.8 Å². The van der Waals surface area contributed by atoms with Crippen molar-refractivity contribution in [1.29, 1.82) is 5.41 Å². The number of amides is 8. The topological polar surface area (TPSA) is 503 Å². The Hall–Kier alpha value is -7.06. The number of carboxylic acids is 1. The van der Waals surface area contributed by atoms with Gasteiger partial charge in [0.25, 0.3) is 17.7 Å². The highest BCUT2D eigenvalue weighted by atomic mass is 19.3. The van der Waals surface area contributed by atoms with Crippen molar-refractivity contribution >= 4 is 64.9 Å². The minimum absolute atomic E-state index is 0.00656. The molecular formula is C43H72F2N18O11. The molecule has 2 heterocycles. The highest BCUT2D eigenvalue weighted by molar-refractivity contribution is 6.40. The average molecular weight is 1060 g/mol. The third kappa shape index (κ3) is 22.0. The lowest BCUT2D eigenvalue weighted by Gasteiger charge is -2.27. The van der Waals surface area contributed by atoms with Gasteiger partial charge in [-0.05, 0) is 77.9 Å². The van der Waals surface area contributed by atoms with Gasteiger partial charge in [-0.15, -0.1) is 0 Å². The standard InChI is InChI=1S/C43H72F2N18O11/c1-23(57-39(71)33(31(64)18-49)62-35(67)25(50)8-2-4-12-46)34(66)55-20-32(65)58-27(10-6-14-48)40(72)63-21-43(44,45)17-30(63)38(70)61-29(16-24-19-53-22-56-24)37(69)59-26(9-3-5-13-47)36(68)60-28(41(73)74)11-7-15-54-42(51)52/h11,19,22-23,25-26,29-31,33,64H,2-10,12-18,20-21,46-50H2,1H3,(H,53,56)(H,55,66)(H,57,71)(H,59,69)(H,60,68)(H,61,70)(H,62,67)(H,73,74)(H4,51,52,54)/b28-11-,58-27+/t23-,25-,26-,29-,30-,31-,33-/m0/s1. The van der Waals surface area contributed by atoms with Gasteiger partial charge in [-0.1, -0.05) is 12.5 Å². The summed E-state index contributed by atoms with van der Waals surface area (Å²) in [4.78, 5) is 130. The molecule has 0 unspecified atom stereocenters. The van der Waals surface area contributed by atoms with E-state index in [0.717, 1.165) is 6.08 Å². The second kappa shape index (κ2) is 32.2. The molecule has 1 fully saturated rings. The molecule has 8 amide bonds. The van der Waals surface area contributed by atoms with Crippen LogP contribution in [0.3, 0.4) is 0 Å². The third-order valence-corrected chi connectivity index (χ3v) is 11.1. The lowest BCUT2D eigenvalue weighted by molar-refractivity contribution is -0.137. The molecule has 1 aromatic heterocycles. The number of aliphatic imine (C=N–C) groups is 1. The number of halogens is 2. The maximum Gasteiger partial charge on any atom is 0.352 e. The van der Waals surface area contributed by atoms with E-state index in [4.69, 9.17) is 39.8 Å². The van der Waals surface area contributed by atoms with E-state index in [1.54, 1.807) is 0 Å². The summed E-state index contributed by atoms with van der Waals surface area (Å²) in [7, 11) is 0. The minimum Gasteiger partial charge on any atom is -0.477 e. The first kappa shape index (κ1) is 63.1. The zero-order chi connectivity index (χ0) is 55.5. The molecule has 414 valence electrons. The molecular weight excluding hydrogens is 983 g/mol. The molecule has 23 N–H and O–H groups in total. The number of likely N-dealkylation sites (tertiary alicyclic amines) is 1. The van der Waals surface area contributed by atoms with Crippen LogP contribution in [0.25, 0.3) is 0 Å². The number of nitrogens with one attached hydrogen (secondary N) is 9. The zero-order valence-corrected chi connectivity index (χ0v) is 41.1. The number of hydrogen-bond acceptors (Lipinski definition) is 17. The molecule has 0 spiro atoms. The van der Waals surface area contributed by atoms with Gasteiger partial charge in [-0.25, -0.2) is 23.6 Å². The number of aliphatic hydroxyl groups is 1. The van der Waals surface area contributed by atoms with Crippen LogP contribution in [0.4, 0.5) is 8.78 Å². The number of aliphatic hydroxyl groups excluding tert-OH is 1. The molecule has 31 heteroatoms. The summed E-state index contributed by atoms with van der Waals surface area (Å²) < 4.78 is 30.5. The van der Waals surface area contributed by atoms with Gasteiger partial charge >= 0.3 is 5.97 Å². The Bertz CT molecular complexity index is 2150. The summed E-state index contributed by atoms with van der Waals surface area (Å²) in [5, 5.41) is 43.8. The maximum absolute atomic E-state index is 15.3. The summed E-state index contributed by atoms with van der Waals surface area (Å²) in [5.41, 5.74) is 32.5. The Kier molecular flexibility index (Phi) is 27.4. The van der Waals surface area contributed by atoms with Crippen molar-refractivity contribution in [3.63, 3.8) is 0 Å². The molecule has 2 rings (SSSR count). The second-order valence-corrected chi connectivity index (χ2v) is 17.2. The molecule has 0 aliphatic carbocycles. The summed E-state index contributed by atoms with van der Waals surface area (Å²) in [6, 6.07) is -9.08. The highest BCUT2D eigenvalue weighted by Gasteiger charge is 2.51. The number of carbonyl (C=O) groups is 9. The molecule has 29 nitrogen and oxygen atoms in total. The number of aromatic amines is 1. The molecule has 1 saturated heterocycles. The molecule has 74 heavy (non-hydrogen) atoms. The van der Waals surface area contributed by atoms with Crippen molar-refractivity contribution in [3.05, 3.63) is 30.0 Å². The third-order valence-electron chi connectivity index (χ3n) is 11.1. The van der Waals surface area contributed by atoms with E-state index in [2.05, 4.69) is 52.2 Å². The number of aromatic nitrogens is 2. The number of aliphatic carboxylic acids is 1. The number of nitrogens with zero attached hydrogens (tertiary/aromatic N) is 3. The number of H-pyrrole nitrogens is 1. The van der Waals surface area contributed by atoms with Crippen LogP contribution in [0.15, 0.2) is 29.3 Å². The Labute approximate surface area is 424 Å². The largest absolute Gasteiger partial charge is 0.477 e. The second-order valence-electron chi connectivity index (χ2n) is 17.2. The molecule has 0 bridgehead atoms. The average Bonchev–Trinajstić information content (AvgIpc) is 3.99. The van der Waals surface area contributed by atoms with Gasteiger partial charge < -0.3 is 91.7 Å². The number of guanidine groups is 1. The first-order valence-electron chi connectivity index (χ1n) is 23.8. The molecule has 1 aliphatic heterocycles. The SMILES string of the molecule is C[C@H](NC(=O)[C@@H](NC(=O)[C@@H](N)CCCCN)[C@@H](O)CN)C(=O)NCC(=O)/N=C(\CCCN)C(=O)N1CC(F)(F)C[C@H]1C(=O)N[C@@H](Cc1cnc[nH]1)C(=O)N[C@@H](CCCCN)C(=O)N/C(=C\CCNC(=N)N)C(=O)O. The van der Waals surface area contributed by atoms with Crippen LogP contribution in [-0.4, -0.2) is 184 Å². The molecule has 1 aliphatic rings. The van der Waals surface area contributed by atoms with E-state index < -0.39 is 139 Å². The molecule has 0 aromatic carbocycles. The van der Waals surface area contributed by atoms with Crippen molar-refractivity contribution in [2.45, 2.75) is 126 Å². The number of nitrogens with two attached hydrogens (primary N) is 6. The Morgan fingerprint density at radius 2 is 1.55 bits per heavy atom. The molecule has 0 saturated carbocycles. The zero-order valence-electron chi connectivity index (χ0n) is 41.1. The number of carboxylic acid groups (broad SMARTS) is 1. The van der Waals surface area contributed by atoms with E-state index in [0.29, 0.717) is 30.7 Å². The summed E-state index contributed by atoms with van der Waals surface area (Å²) in [6.07, 6.45) is 2.14. The van der Waals surface area contributed by atoms with Gasteiger partial charge in [0.15, 0.2) is 5.96 Å². The highest BCUT2D eigenvalue weighted by Crippen LogP contribution is 2.33. The van der Waals surface area contributed by atoms with Crippen LogP contribution in [0.2, 0.25) is 0 Å². The normalized spacial score (nSPS) is 16.8. The van der Waals surface area contributed by atoms with E-state index in [1.807, 2.05) is 0 Å². The summed E-state index contributed by atoms with van der Waals surface area (Å²) in [6.45, 7) is -0.895. The van der Waals surface area contributed by atoms with Crippen molar-refractivity contribution in [3.8, 4) is 0 Å². The first-order chi connectivity index (χ1) is 35.0. The molecule has 0 radical (unpaired) electrons. The summed E-state index contributed by atoms with van der Waals surface area (Å²) >= 11 is 0. The fourth-order valence-electron chi connectivity index (χ4n) is 7.12. The number of unbranched alkanes of at least 4 members (excludes halogenated alkanes) is 2. The van der Waals surface area contributed by atoms with E-state index in [1.165, 1.54) is 19.4 Å². The van der Waals surface area contributed by atoms with Gasteiger partial charge in [0.2, 0.25) is 35.4 Å². The van der Waals surface area contributed by atoms with Gasteiger partial charge in [-0.2, -0.15) is 0 Å². The fourth-order valence-corrected chi connectivity index (χ4v) is 7.12. The predicted octanol–water partition coefficient (Wildman–Crippen LogP) is -6.17. The van der Waals surface area contributed by atoms with Crippen LogP contribution in [0, 0.1) is 5.41 Å². The predicted molar refractivity (Wildman–Crippen MR) is 262 cm³/mol. The number of rotatable bonds is 33. The Morgan fingerprint density at radius 1 is 0.892 bits per heavy atom. The fraction of sp³-hybridized carbons (Fsp3) is 0.628. The molecule has 7 atom stereocenters.